The van der Waals surface area contributed by atoms with Gasteiger partial charge in [-0.05, 0) is 24.5 Å². The molecule has 1 aromatic carbocycles. The zero-order chi connectivity index (χ0) is 16.0. The zero-order valence-corrected chi connectivity index (χ0v) is 12.8. The molecule has 114 valence electrons. The average molecular weight is 296 g/mol. The molecule has 0 spiro atoms. The molecular weight excluding hydrogens is 277 g/mol. The second-order valence-electron chi connectivity index (χ2n) is 6.26. The average Bonchev–Trinajstić information content (AvgIpc) is 2.63. The van der Waals surface area contributed by atoms with Gasteiger partial charge in [-0.3, -0.25) is 4.68 Å². The Hall–Kier alpha value is -1.78. The van der Waals surface area contributed by atoms with Crippen LogP contribution < -0.4 is 0 Å². The molecule has 0 bridgehead atoms. The number of rotatable bonds is 1. The molecule has 1 heterocycles. The summed E-state index contributed by atoms with van der Waals surface area (Å²) in [4.78, 5) is 0. The number of benzene rings is 1. The maximum atomic E-state index is 12.7. The fraction of sp³-hybridized carbons (Fsp3) is 0.438. The minimum absolute atomic E-state index is 0.129. The van der Waals surface area contributed by atoms with Crippen LogP contribution in [0.15, 0.2) is 24.3 Å². The molecule has 0 aliphatic heterocycles. The maximum absolute atomic E-state index is 12.7. The molecule has 0 N–H and O–H groups in total. The van der Waals surface area contributed by atoms with Gasteiger partial charge in [0.15, 0.2) is 0 Å². The van der Waals surface area contributed by atoms with Gasteiger partial charge < -0.3 is 0 Å². The fourth-order valence-electron chi connectivity index (χ4n) is 2.70. The maximum Gasteiger partial charge on any atom is 0.416 e. The topological polar surface area (TPSA) is 17.8 Å². The van der Waals surface area contributed by atoms with Crippen molar-refractivity contribution in [1.82, 2.24) is 9.78 Å². The van der Waals surface area contributed by atoms with Crippen molar-refractivity contribution in [3.63, 3.8) is 0 Å². The van der Waals surface area contributed by atoms with Crippen LogP contribution in [0.3, 0.4) is 0 Å². The molecule has 0 amide bonds. The van der Waals surface area contributed by atoms with Crippen molar-refractivity contribution in [2.75, 3.05) is 0 Å². The number of hydrogen-bond donors (Lipinski definition) is 0. The highest BCUT2D eigenvalue weighted by Gasteiger charge is 2.31. The molecule has 0 saturated heterocycles. The number of halogens is 3. The van der Waals surface area contributed by atoms with Crippen molar-refractivity contribution in [2.45, 2.75) is 39.3 Å². The van der Waals surface area contributed by atoms with E-state index < -0.39 is 11.7 Å². The molecule has 1 aromatic heterocycles. The number of alkyl halides is 3. The van der Waals surface area contributed by atoms with E-state index in [9.17, 15) is 13.2 Å². The molecule has 5 heteroatoms. The predicted molar refractivity (Wildman–Crippen MR) is 77.1 cm³/mol. The molecule has 0 fully saturated rings. The van der Waals surface area contributed by atoms with Crippen LogP contribution in [0.5, 0.6) is 0 Å². The minimum Gasteiger partial charge on any atom is -0.267 e. The van der Waals surface area contributed by atoms with Gasteiger partial charge in [-0.1, -0.05) is 32.9 Å². The Bertz CT molecular complexity index is 644. The lowest BCUT2D eigenvalue weighted by atomic mass is 9.83. The van der Waals surface area contributed by atoms with E-state index in [0.717, 1.165) is 34.6 Å². The number of aromatic nitrogens is 2. The molecule has 2 nitrogen and oxygen atoms in total. The predicted octanol–water partition coefficient (Wildman–Crippen LogP) is 4.71. The van der Waals surface area contributed by atoms with E-state index in [0.29, 0.717) is 0 Å². The first-order valence-corrected chi connectivity index (χ1v) is 6.73. The van der Waals surface area contributed by atoms with Crippen LogP contribution >= 0.6 is 0 Å². The Morgan fingerprint density at radius 1 is 1.00 bits per heavy atom. The standard InChI is InChI=1S/C16H19F3N2/c1-10-13(15(2,3)4)14(21(5)20-10)11-6-8-12(9-7-11)16(17,18)19/h6-9H,1-5H3. The van der Waals surface area contributed by atoms with E-state index in [-0.39, 0.29) is 5.41 Å². The van der Waals surface area contributed by atoms with Gasteiger partial charge in [0.1, 0.15) is 0 Å². The first-order valence-electron chi connectivity index (χ1n) is 6.73. The summed E-state index contributed by atoms with van der Waals surface area (Å²) in [5, 5.41) is 4.42. The number of aryl methyl sites for hydroxylation is 2. The molecule has 0 saturated carbocycles. The quantitative estimate of drug-likeness (QED) is 0.745. The molecule has 0 atom stereocenters. The monoisotopic (exact) mass is 296 g/mol. The van der Waals surface area contributed by atoms with Crippen LogP contribution in [0.2, 0.25) is 0 Å². The third-order valence-corrected chi connectivity index (χ3v) is 3.46. The van der Waals surface area contributed by atoms with E-state index >= 15 is 0 Å². The molecule has 0 aliphatic carbocycles. The second-order valence-corrected chi connectivity index (χ2v) is 6.26. The van der Waals surface area contributed by atoms with Gasteiger partial charge in [-0.25, -0.2) is 0 Å². The molecule has 2 rings (SSSR count). The Balaban J connectivity index is 2.58. The van der Waals surface area contributed by atoms with Gasteiger partial charge in [-0.2, -0.15) is 18.3 Å². The van der Waals surface area contributed by atoms with Crippen molar-refractivity contribution in [3.8, 4) is 11.3 Å². The summed E-state index contributed by atoms with van der Waals surface area (Å²) in [6.45, 7) is 8.15. The van der Waals surface area contributed by atoms with Gasteiger partial charge >= 0.3 is 6.18 Å². The van der Waals surface area contributed by atoms with Gasteiger partial charge in [-0.15, -0.1) is 0 Å². The first kappa shape index (κ1) is 15.6. The second kappa shape index (κ2) is 4.90. The van der Waals surface area contributed by atoms with E-state index in [1.807, 2.05) is 14.0 Å². The van der Waals surface area contributed by atoms with Crippen LogP contribution in [-0.2, 0) is 18.6 Å². The van der Waals surface area contributed by atoms with Crippen LogP contribution in [0.4, 0.5) is 13.2 Å². The minimum atomic E-state index is -4.31. The lowest BCUT2D eigenvalue weighted by Gasteiger charge is -2.21. The van der Waals surface area contributed by atoms with Gasteiger partial charge in [0, 0.05) is 18.2 Å². The first-order chi connectivity index (χ1) is 9.51. The Morgan fingerprint density at radius 3 is 1.95 bits per heavy atom. The third-order valence-electron chi connectivity index (χ3n) is 3.46. The summed E-state index contributed by atoms with van der Waals surface area (Å²) in [5.41, 5.74) is 2.81. The van der Waals surface area contributed by atoms with Crippen molar-refractivity contribution in [3.05, 3.63) is 41.1 Å². The molecule has 2 aromatic rings. The lowest BCUT2D eigenvalue weighted by Crippen LogP contribution is -2.13. The van der Waals surface area contributed by atoms with E-state index in [2.05, 4.69) is 25.9 Å². The Kier molecular flexibility index (Phi) is 3.64. The summed E-state index contributed by atoms with van der Waals surface area (Å²) >= 11 is 0. The smallest absolute Gasteiger partial charge is 0.267 e. The fourth-order valence-corrected chi connectivity index (χ4v) is 2.70. The summed E-state index contributed by atoms with van der Waals surface area (Å²) in [6.07, 6.45) is -4.31. The summed E-state index contributed by atoms with van der Waals surface area (Å²) in [7, 11) is 1.81. The Labute approximate surface area is 122 Å². The van der Waals surface area contributed by atoms with Crippen LogP contribution in [0.25, 0.3) is 11.3 Å². The van der Waals surface area contributed by atoms with Crippen LogP contribution in [-0.4, -0.2) is 9.78 Å². The molecule has 0 aliphatic rings. The Morgan fingerprint density at radius 2 is 1.52 bits per heavy atom. The third kappa shape index (κ3) is 2.96. The summed E-state index contributed by atoms with van der Waals surface area (Å²) in [5.74, 6) is 0. The molecule has 0 unspecified atom stereocenters. The van der Waals surface area contributed by atoms with Crippen molar-refractivity contribution in [1.29, 1.82) is 0 Å². The lowest BCUT2D eigenvalue weighted by molar-refractivity contribution is -0.137. The summed E-state index contributed by atoms with van der Waals surface area (Å²) < 4.78 is 39.7. The van der Waals surface area contributed by atoms with Crippen LogP contribution in [0.1, 0.15) is 37.6 Å². The summed E-state index contributed by atoms with van der Waals surface area (Å²) in [6, 6.07) is 5.25. The molecule has 21 heavy (non-hydrogen) atoms. The highest BCUT2D eigenvalue weighted by atomic mass is 19.4. The SMILES string of the molecule is Cc1nn(C)c(-c2ccc(C(F)(F)F)cc2)c1C(C)(C)C. The van der Waals surface area contributed by atoms with Crippen LogP contribution in [0, 0.1) is 6.92 Å². The van der Waals surface area contributed by atoms with E-state index in [1.54, 1.807) is 4.68 Å². The van der Waals surface area contributed by atoms with Gasteiger partial charge in [0.05, 0.1) is 17.0 Å². The molecular formula is C16H19F3N2. The van der Waals surface area contributed by atoms with Crippen molar-refractivity contribution in [2.24, 2.45) is 7.05 Å². The normalized spacial score (nSPS) is 12.8. The highest BCUT2D eigenvalue weighted by Crippen LogP contribution is 2.36. The van der Waals surface area contributed by atoms with Crippen molar-refractivity contribution < 1.29 is 13.2 Å². The van der Waals surface area contributed by atoms with Gasteiger partial charge in [0.25, 0.3) is 0 Å². The van der Waals surface area contributed by atoms with E-state index in [4.69, 9.17) is 0 Å². The molecule has 0 radical (unpaired) electrons. The largest absolute Gasteiger partial charge is 0.416 e. The zero-order valence-electron chi connectivity index (χ0n) is 12.8. The van der Waals surface area contributed by atoms with Gasteiger partial charge in [0.2, 0.25) is 0 Å². The highest BCUT2D eigenvalue weighted by molar-refractivity contribution is 5.66. The number of hydrogen-bond acceptors (Lipinski definition) is 1. The van der Waals surface area contributed by atoms with E-state index in [1.165, 1.54) is 12.1 Å². The van der Waals surface area contributed by atoms with Crippen molar-refractivity contribution >= 4 is 0 Å². The number of nitrogens with zero attached hydrogens (tertiary/aromatic N) is 2.